The van der Waals surface area contributed by atoms with E-state index in [0.717, 1.165) is 5.56 Å². The minimum absolute atomic E-state index is 0.104. The van der Waals surface area contributed by atoms with E-state index in [9.17, 15) is 9.59 Å². The molecular weight excluding hydrogens is 250 g/mol. The first-order valence-electron chi connectivity index (χ1n) is 5.80. The highest BCUT2D eigenvalue weighted by Crippen LogP contribution is 2.01. The third kappa shape index (κ3) is 5.87. The summed E-state index contributed by atoms with van der Waals surface area (Å²) in [7, 11) is 1.24. The van der Waals surface area contributed by atoms with E-state index in [2.05, 4.69) is 10.1 Å². The molecule has 0 bridgehead atoms. The summed E-state index contributed by atoms with van der Waals surface area (Å²) < 4.78 is 9.41. The van der Waals surface area contributed by atoms with Crippen molar-refractivity contribution in [3.05, 3.63) is 35.9 Å². The number of carbonyl (C=O) groups excluding carboxylic acids is 2. The van der Waals surface area contributed by atoms with Crippen LogP contribution in [-0.4, -0.2) is 36.9 Å². The number of ether oxygens (including phenoxy) is 2. The SMILES string of the molecule is COC(=O)C[C@@H](CO)NC(=O)OCc1ccccc1. The molecule has 0 fully saturated rings. The number of benzene rings is 1. The van der Waals surface area contributed by atoms with Crippen LogP contribution in [0.15, 0.2) is 30.3 Å². The summed E-state index contributed by atoms with van der Waals surface area (Å²) in [5.74, 6) is -0.512. The lowest BCUT2D eigenvalue weighted by Crippen LogP contribution is -2.39. The number of carbonyl (C=O) groups is 2. The Labute approximate surface area is 111 Å². The molecule has 6 heteroatoms. The number of esters is 1. The Balaban J connectivity index is 2.35. The van der Waals surface area contributed by atoms with E-state index < -0.39 is 18.1 Å². The first-order chi connectivity index (χ1) is 9.15. The average Bonchev–Trinajstić information content (AvgIpc) is 2.45. The summed E-state index contributed by atoms with van der Waals surface area (Å²) in [5.41, 5.74) is 0.853. The molecule has 0 aromatic heterocycles. The molecule has 0 radical (unpaired) electrons. The summed E-state index contributed by atoms with van der Waals surface area (Å²) in [6, 6.07) is 8.48. The van der Waals surface area contributed by atoms with Crippen LogP contribution in [0.3, 0.4) is 0 Å². The van der Waals surface area contributed by atoms with Crippen molar-refractivity contribution in [3.63, 3.8) is 0 Å². The molecule has 1 amide bonds. The second-order valence-electron chi connectivity index (χ2n) is 3.87. The predicted octanol–water partition coefficient (Wildman–Crippen LogP) is 0.837. The van der Waals surface area contributed by atoms with Gasteiger partial charge < -0.3 is 19.9 Å². The fraction of sp³-hybridized carbons (Fsp3) is 0.385. The van der Waals surface area contributed by atoms with Gasteiger partial charge in [0, 0.05) is 0 Å². The van der Waals surface area contributed by atoms with Crippen LogP contribution in [-0.2, 0) is 20.9 Å². The minimum Gasteiger partial charge on any atom is -0.469 e. The smallest absolute Gasteiger partial charge is 0.407 e. The first kappa shape index (κ1) is 15.0. The lowest BCUT2D eigenvalue weighted by Gasteiger charge is -2.14. The number of aliphatic hydroxyl groups excluding tert-OH is 1. The second kappa shape index (κ2) is 8.10. The fourth-order valence-corrected chi connectivity index (χ4v) is 1.38. The molecule has 0 aliphatic carbocycles. The van der Waals surface area contributed by atoms with Crippen molar-refractivity contribution in [1.29, 1.82) is 0 Å². The van der Waals surface area contributed by atoms with Crippen LogP contribution < -0.4 is 5.32 Å². The number of nitrogens with one attached hydrogen (secondary N) is 1. The van der Waals surface area contributed by atoms with Crippen LogP contribution >= 0.6 is 0 Å². The quantitative estimate of drug-likeness (QED) is 0.746. The molecule has 0 aliphatic rings. The van der Waals surface area contributed by atoms with Gasteiger partial charge in [-0.1, -0.05) is 30.3 Å². The Morgan fingerprint density at radius 2 is 2.00 bits per heavy atom. The van der Waals surface area contributed by atoms with E-state index >= 15 is 0 Å². The van der Waals surface area contributed by atoms with Gasteiger partial charge in [-0.2, -0.15) is 0 Å². The lowest BCUT2D eigenvalue weighted by atomic mass is 10.2. The minimum atomic E-state index is -0.712. The average molecular weight is 267 g/mol. The van der Waals surface area contributed by atoms with Crippen LogP contribution in [0.1, 0.15) is 12.0 Å². The maximum absolute atomic E-state index is 11.5. The molecule has 104 valence electrons. The molecule has 1 aromatic rings. The number of hydrogen-bond acceptors (Lipinski definition) is 5. The van der Waals surface area contributed by atoms with Crippen molar-refractivity contribution in [2.24, 2.45) is 0 Å². The number of methoxy groups -OCH3 is 1. The van der Waals surface area contributed by atoms with Gasteiger partial charge in [-0.3, -0.25) is 4.79 Å². The van der Waals surface area contributed by atoms with Gasteiger partial charge in [0.1, 0.15) is 6.61 Å². The molecule has 0 aliphatic heterocycles. The molecule has 6 nitrogen and oxygen atoms in total. The summed E-state index contributed by atoms with van der Waals surface area (Å²) in [6.45, 7) is -0.238. The molecule has 2 N–H and O–H groups in total. The number of hydrogen-bond donors (Lipinski definition) is 2. The molecule has 0 unspecified atom stereocenters. The molecule has 0 spiro atoms. The summed E-state index contributed by atoms with van der Waals surface area (Å²) in [5, 5.41) is 11.4. The molecule has 1 aromatic carbocycles. The van der Waals surface area contributed by atoms with Crippen molar-refractivity contribution in [1.82, 2.24) is 5.32 Å². The predicted molar refractivity (Wildman–Crippen MR) is 67.3 cm³/mol. The van der Waals surface area contributed by atoms with Gasteiger partial charge >= 0.3 is 12.1 Å². The van der Waals surface area contributed by atoms with E-state index in [-0.39, 0.29) is 19.6 Å². The van der Waals surface area contributed by atoms with Crippen molar-refractivity contribution < 1.29 is 24.2 Å². The zero-order valence-electron chi connectivity index (χ0n) is 10.7. The zero-order chi connectivity index (χ0) is 14.1. The molecule has 19 heavy (non-hydrogen) atoms. The normalized spacial score (nSPS) is 11.5. The lowest BCUT2D eigenvalue weighted by molar-refractivity contribution is -0.141. The van der Waals surface area contributed by atoms with Crippen molar-refractivity contribution >= 4 is 12.1 Å². The first-order valence-corrected chi connectivity index (χ1v) is 5.80. The molecule has 0 saturated heterocycles. The second-order valence-corrected chi connectivity index (χ2v) is 3.87. The monoisotopic (exact) mass is 267 g/mol. The summed E-state index contributed by atoms with van der Waals surface area (Å²) in [4.78, 5) is 22.5. The Hall–Kier alpha value is -2.08. The van der Waals surface area contributed by atoms with Gasteiger partial charge in [0.15, 0.2) is 0 Å². The number of alkyl carbamates (subject to hydrolysis) is 1. The molecule has 0 heterocycles. The molecular formula is C13H17NO5. The summed E-state index contributed by atoms with van der Waals surface area (Å²) in [6.07, 6.45) is -0.792. The van der Waals surface area contributed by atoms with E-state index in [1.165, 1.54) is 7.11 Å². The Bertz CT molecular complexity index is 407. The van der Waals surface area contributed by atoms with Crippen LogP contribution in [0.5, 0.6) is 0 Å². The molecule has 1 rings (SSSR count). The van der Waals surface area contributed by atoms with Crippen molar-refractivity contribution in [2.75, 3.05) is 13.7 Å². The fourth-order valence-electron chi connectivity index (χ4n) is 1.38. The van der Waals surface area contributed by atoms with E-state index in [0.29, 0.717) is 0 Å². The number of aliphatic hydroxyl groups is 1. The third-order valence-electron chi connectivity index (χ3n) is 2.40. The van der Waals surface area contributed by atoms with Crippen LogP contribution in [0, 0.1) is 0 Å². The zero-order valence-corrected chi connectivity index (χ0v) is 10.7. The Kier molecular flexibility index (Phi) is 6.38. The van der Waals surface area contributed by atoms with Crippen LogP contribution in [0.4, 0.5) is 4.79 Å². The van der Waals surface area contributed by atoms with Gasteiger partial charge in [0.2, 0.25) is 0 Å². The van der Waals surface area contributed by atoms with Gasteiger partial charge in [0.05, 0.1) is 26.2 Å². The van der Waals surface area contributed by atoms with Crippen molar-refractivity contribution in [2.45, 2.75) is 19.1 Å². The van der Waals surface area contributed by atoms with E-state index in [1.807, 2.05) is 30.3 Å². The van der Waals surface area contributed by atoms with Gasteiger partial charge in [-0.05, 0) is 5.56 Å². The number of amides is 1. The van der Waals surface area contributed by atoms with Crippen LogP contribution in [0.25, 0.3) is 0 Å². The van der Waals surface area contributed by atoms with E-state index in [4.69, 9.17) is 9.84 Å². The Morgan fingerprint density at radius 3 is 2.58 bits per heavy atom. The van der Waals surface area contributed by atoms with Crippen molar-refractivity contribution in [3.8, 4) is 0 Å². The van der Waals surface area contributed by atoms with Gasteiger partial charge in [-0.15, -0.1) is 0 Å². The molecule has 0 saturated carbocycles. The highest BCUT2D eigenvalue weighted by Gasteiger charge is 2.16. The largest absolute Gasteiger partial charge is 0.469 e. The van der Waals surface area contributed by atoms with Gasteiger partial charge in [-0.25, -0.2) is 4.79 Å². The highest BCUT2D eigenvalue weighted by molar-refractivity contribution is 5.72. The third-order valence-corrected chi connectivity index (χ3v) is 2.40. The maximum atomic E-state index is 11.5. The van der Waals surface area contributed by atoms with Gasteiger partial charge in [0.25, 0.3) is 0 Å². The summed E-state index contributed by atoms with van der Waals surface area (Å²) >= 11 is 0. The topological polar surface area (TPSA) is 84.9 Å². The Morgan fingerprint density at radius 1 is 1.32 bits per heavy atom. The number of rotatable bonds is 6. The highest BCUT2D eigenvalue weighted by atomic mass is 16.5. The maximum Gasteiger partial charge on any atom is 0.407 e. The molecule has 1 atom stereocenters. The van der Waals surface area contributed by atoms with Crippen LogP contribution in [0.2, 0.25) is 0 Å². The van der Waals surface area contributed by atoms with E-state index in [1.54, 1.807) is 0 Å². The standard InChI is InChI=1S/C13H17NO5/c1-18-12(16)7-11(8-15)14-13(17)19-9-10-5-3-2-4-6-10/h2-6,11,15H,7-9H2,1H3,(H,14,17)/t11-/m0/s1.